The van der Waals surface area contributed by atoms with Crippen molar-refractivity contribution in [1.29, 1.82) is 0 Å². The van der Waals surface area contributed by atoms with Gasteiger partial charge in [0.15, 0.2) is 6.10 Å². The molecular weight excluding hydrogens is 256 g/mol. The van der Waals surface area contributed by atoms with Crippen LogP contribution in [-0.2, 0) is 9.59 Å². The Balaban J connectivity index is 2.63. The lowest BCUT2D eigenvalue weighted by Crippen LogP contribution is -2.39. The zero-order chi connectivity index (χ0) is 14.4. The SMILES string of the molecule is CC(Oc1cccc([N+](=O)[O-])c1)C(=O)NCC(=O)O. The second-order valence-electron chi connectivity index (χ2n) is 3.63. The highest BCUT2D eigenvalue weighted by atomic mass is 16.6. The Bertz CT molecular complexity index is 502. The van der Waals surface area contributed by atoms with Gasteiger partial charge in [0.25, 0.3) is 11.6 Å². The fourth-order valence-electron chi connectivity index (χ4n) is 1.23. The van der Waals surface area contributed by atoms with Crippen molar-refractivity contribution in [2.24, 2.45) is 0 Å². The van der Waals surface area contributed by atoms with Crippen LogP contribution in [0.4, 0.5) is 5.69 Å². The fraction of sp³-hybridized carbons (Fsp3) is 0.273. The number of carboxylic acids is 1. The first-order valence-electron chi connectivity index (χ1n) is 5.30. The van der Waals surface area contributed by atoms with Crippen molar-refractivity contribution in [3.05, 3.63) is 34.4 Å². The van der Waals surface area contributed by atoms with Gasteiger partial charge in [-0.3, -0.25) is 19.7 Å². The molecule has 19 heavy (non-hydrogen) atoms. The van der Waals surface area contributed by atoms with E-state index in [-0.39, 0.29) is 11.4 Å². The molecule has 0 aliphatic rings. The minimum atomic E-state index is -1.17. The third-order valence-electron chi connectivity index (χ3n) is 2.12. The first-order valence-corrected chi connectivity index (χ1v) is 5.30. The molecule has 0 aromatic heterocycles. The quantitative estimate of drug-likeness (QED) is 0.574. The number of carbonyl (C=O) groups is 2. The average molecular weight is 268 g/mol. The number of hydrogen-bond donors (Lipinski definition) is 2. The van der Waals surface area contributed by atoms with E-state index in [1.165, 1.54) is 31.2 Å². The molecule has 8 heteroatoms. The molecule has 1 unspecified atom stereocenters. The van der Waals surface area contributed by atoms with Gasteiger partial charge in [0, 0.05) is 6.07 Å². The predicted octanol–water partition coefficient (Wildman–Crippen LogP) is 0.563. The number of nitrogens with zero attached hydrogens (tertiary/aromatic N) is 1. The van der Waals surface area contributed by atoms with E-state index in [9.17, 15) is 19.7 Å². The van der Waals surface area contributed by atoms with Crippen molar-refractivity contribution >= 4 is 17.6 Å². The van der Waals surface area contributed by atoms with E-state index in [1.807, 2.05) is 0 Å². The molecule has 0 heterocycles. The molecule has 0 saturated heterocycles. The first-order chi connectivity index (χ1) is 8.90. The predicted molar refractivity (Wildman–Crippen MR) is 63.8 cm³/mol. The number of nitrogens with one attached hydrogen (secondary N) is 1. The van der Waals surface area contributed by atoms with Crippen LogP contribution in [0.15, 0.2) is 24.3 Å². The molecule has 1 amide bonds. The van der Waals surface area contributed by atoms with Crippen molar-refractivity contribution in [3.63, 3.8) is 0 Å². The van der Waals surface area contributed by atoms with Gasteiger partial charge in [-0.15, -0.1) is 0 Å². The van der Waals surface area contributed by atoms with E-state index in [4.69, 9.17) is 9.84 Å². The van der Waals surface area contributed by atoms with Gasteiger partial charge >= 0.3 is 5.97 Å². The third kappa shape index (κ3) is 4.62. The number of hydrogen-bond acceptors (Lipinski definition) is 5. The van der Waals surface area contributed by atoms with E-state index in [0.717, 1.165) is 0 Å². The van der Waals surface area contributed by atoms with Crippen LogP contribution >= 0.6 is 0 Å². The molecule has 8 nitrogen and oxygen atoms in total. The number of aliphatic carboxylic acids is 1. The number of nitro benzene ring substituents is 1. The van der Waals surface area contributed by atoms with Gasteiger partial charge in [-0.2, -0.15) is 0 Å². The monoisotopic (exact) mass is 268 g/mol. The summed E-state index contributed by atoms with van der Waals surface area (Å²) in [5.41, 5.74) is -0.157. The second kappa shape index (κ2) is 6.34. The lowest BCUT2D eigenvalue weighted by molar-refractivity contribution is -0.384. The number of amides is 1. The van der Waals surface area contributed by atoms with Gasteiger partial charge in [-0.25, -0.2) is 0 Å². The zero-order valence-corrected chi connectivity index (χ0v) is 10.0. The Hall–Kier alpha value is -2.64. The lowest BCUT2D eigenvalue weighted by atomic mass is 10.3. The van der Waals surface area contributed by atoms with E-state index >= 15 is 0 Å². The summed E-state index contributed by atoms with van der Waals surface area (Å²) < 4.78 is 5.19. The fourth-order valence-corrected chi connectivity index (χ4v) is 1.23. The molecule has 0 saturated carbocycles. The molecule has 0 fully saturated rings. The minimum absolute atomic E-state index is 0.157. The third-order valence-corrected chi connectivity index (χ3v) is 2.12. The van der Waals surface area contributed by atoms with Gasteiger partial charge < -0.3 is 15.2 Å². The summed E-state index contributed by atoms with van der Waals surface area (Å²) in [4.78, 5) is 31.7. The number of rotatable bonds is 6. The van der Waals surface area contributed by atoms with Crippen LogP contribution in [0, 0.1) is 10.1 Å². The van der Waals surface area contributed by atoms with Gasteiger partial charge in [-0.05, 0) is 13.0 Å². The van der Waals surface area contributed by atoms with Gasteiger partial charge in [0.2, 0.25) is 0 Å². The highest BCUT2D eigenvalue weighted by Crippen LogP contribution is 2.20. The highest BCUT2D eigenvalue weighted by Gasteiger charge is 2.16. The number of ether oxygens (including phenoxy) is 1. The molecule has 1 aromatic rings. The zero-order valence-electron chi connectivity index (χ0n) is 10.0. The van der Waals surface area contributed by atoms with Crippen LogP contribution in [-0.4, -0.2) is 34.6 Å². The molecule has 2 N–H and O–H groups in total. The second-order valence-corrected chi connectivity index (χ2v) is 3.63. The van der Waals surface area contributed by atoms with Crippen LogP contribution in [0.3, 0.4) is 0 Å². The van der Waals surface area contributed by atoms with Crippen molar-refractivity contribution in [2.75, 3.05) is 6.54 Å². The molecule has 0 aliphatic carbocycles. The highest BCUT2D eigenvalue weighted by molar-refractivity contribution is 5.84. The molecule has 0 radical (unpaired) electrons. The maximum atomic E-state index is 11.4. The van der Waals surface area contributed by atoms with Crippen LogP contribution in [0.1, 0.15) is 6.92 Å². The summed E-state index contributed by atoms with van der Waals surface area (Å²) >= 11 is 0. The molecule has 102 valence electrons. The van der Waals surface area contributed by atoms with Crippen molar-refractivity contribution in [3.8, 4) is 5.75 Å². The van der Waals surface area contributed by atoms with Crippen molar-refractivity contribution in [1.82, 2.24) is 5.32 Å². The van der Waals surface area contributed by atoms with Gasteiger partial charge in [0.1, 0.15) is 12.3 Å². The summed E-state index contributed by atoms with van der Waals surface area (Å²) in [5.74, 6) is -1.63. The number of carboxylic acid groups (broad SMARTS) is 1. The van der Waals surface area contributed by atoms with Crippen LogP contribution in [0.2, 0.25) is 0 Å². The Morgan fingerprint density at radius 3 is 2.79 bits per heavy atom. The summed E-state index contributed by atoms with van der Waals surface area (Å²) in [6.45, 7) is 0.900. The van der Waals surface area contributed by atoms with Gasteiger partial charge in [-0.1, -0.05) is 6.07 Å². The Morgan fingerprint density at radius 2 is 2.21 bits per heavy atom. The number of benzene rings is 1. The molecular formula is C11H12N2O6. The topological polar surface area (TPSA) is 119 Å². The maximum Gasteiger partial charge on any atom is 0.322 e. The minimum Gasteiger partial charge on any atom is -0.481 e. The van der Waals surface area contributed by atoms with E-state index in [1.54, 1.807) is 0 Å². The average Bonchev–Trinajstić information content (AvgIpc) is 2.36. The molecule has 0 aliphatic heterocycles. The van der Waals surface area contributed by atoms with Crippen molar-refractivity contribution in [2.45, 2.75) is 13.0 Å². The van der Waals surface area contributed by atoms with E-state index in [0.29, 0.717) is 0 Å². The molecule has 1 atom stereocenters. The summed E-state index contributed by atoms with van der Waals surface area (Å²) in [6.07, 6.45) is -0.957. The molecule has 0 bridgehead atoms. The van der Waals surface area contributed by atoms with Crippen molar-refractivity contribution < 1.29 is 24.4 Å². The number of nitro groups is 1. The lowest BCUT2D eigenvalue weighted by Gasteiger charge is -2.13. The summed E-state index contributed by atoms with van der Waals surface area (Å²) in [5, 5.41) is 21.1. The largest absolute Gasteiger partial charge is 0.481 e. The smallest absolute Gasteiger partial charge is 0.322 e. The molecule has 1 rings (SSSR count). The molecule has 1 aromatic carbocycles. The Kier molecular flexibility index (Phi) is 4.81. The normalized spacial score (nSPS) is 11.4. The van der Waals surface area contributed by atoms with E-state index in [2.05, 4.69) is 5.32 Å². The Morgan fingerprint density at radius 1 is 1.53 bits per heavy atom. The summed E-state index contributed by atoms with van der Waals surface area (Å²) in [7, 11) is 0. The summed E-state index contributed by atoms with van der Waals surface area (Å²) in [6, 6.07) is 5.37. The first kappa shape index (κ1) is 14.4. The van der Waals surface area contributed by atoms with Crippen LogP contribution in [0.5, 0.6) is 5.75 Å². The van der Waals surface area contributed by atoms with Crippen LogP contribution < -0.4 is 10.1 Å². The van der Waals surface area contributed by atoms with E-state index < -0.39 is 29.4 Å². The number of non-ortho nitro benzene ring substituents is 1. The van der Waals surface area contributed by atoms with Crippen LogP contribution in [0.25, 0.3) is 0 Å². The number of carbonyl (C=O) groups excluding carboxylic acids is 1. The standard InChI is InChI=1S/C11H12N2O6/c1-7(11(16)12-6-10(14)15)19-9-4-2-3-8(5-9)13(17)18/h2-5,7H,6H2,1H3,(H,12,16)(H,14,15). The Labute approximate surface area is 108 Å². The van der Waals surface area contributed by atoms with Gasteiger partial charge in [0.05, 0.1) is 11.0 Å². The maximum absolute atomic E-state index is 11.4. The molecule has 0 spiro atoms.